The summed E-state index contributed by atoms with van der Waals surface area (Å²) in [5.74, 6) is 0. The van der Waals surface area contributed by atoms with Gasteiger partial charge in [0.1, 0.15) is 6.61 Å². The fourth-order valence-electron chi connectivity index (χ4n) is 0.390. The molecular formula is C3H7O5P. The maximum absolute atomic E-state index is 10.8. The smallest absolute Gasteiger partial charge is 0.289 e. The van der Waals surface area contributed by atoms with Gasteiger partial charge in [-0.1, -0.05) is 0 Å². The van der Waals surface area contributed by atoms with E-state index in [0.29, 0.717) is 0 Å². The van der Waals surface area contributed by atoms with Crippen molar-refractivity contribution >= 4 is 7.82 Å². The van der Waals surface area contributed by atoms with Crippen LogP contribution in [0.25, 0.3) is 0 Å². The van der Waals surface area contributed by atoms with E-state index in [-0.39, 0.29) is 13.2 Å². The normalized spacial score (nSPS) is 36.6. The van der Waals surface area contributed by atoms with Crippen molar-refractivity contribution in [3.8, 4) is 0 Å². The van der Waals surface area contributed by atoms with E-state index in [2.05, 4.69) is 18.6 Å². The van der Waals surface area contributed by atoms with Crippen molar-refractivity contribution < 1.29 is 23.2 Å². The van der Waals surface area contributed by atoms with Gasteiger partial charge in [0.25, 0.3) is 0 Å². The van der Waals surface area contributed by atoms with Crippen molar-refractivity contribution in [3.05, 3.63) is 0 Å². The number of hydrogen-bond donors (Lipinski definition) is 0. The van der Waals surface area contributed by atoms with E-state index >= 15 is 0 Å². The predicted molar refractivity (Wildman–Crippen MR) is 27.6 cm³/mol. The van der Waals surface area contributed by atoms with Crippen molar-refractivity contribution in [1.82, 2.24) is 0 Å². The van der Waals surface area contributed by atoms with Gasteiger partial charge in [-0.3, -0.25) is 9.05 Å². The van der Waals surface area contributed by atoms with Gasteiger partial charge in [0.2, 0.25) is 0 Å². The van der Waals surface area contributed by atoms with E-state index in [9.17, 15) is 4.57 Å². The van der Waals surface area contributed by atoms with Crippen LogP contribution in [0, 0.1) is 0 Å². The van der Waals surface area contributed by atoms with Gasteiger partial charge in [0.05, 0.1) is 6.61 Å². The molecule has 1 heterocycles. The number of phosphoric ester groups is 1. The summed E-state index contributed by atoms with van der Waals surface area (Å²) in [6.45, 7) is 0.526. The molecule has 0 aromatic heterocycles. The Hall–Kier alpha value is 0.0700. The van der Waals surface area contributed by atoms with Crippen LogP contribution < -0.4 is 0 Å². The topological polar surface area (TPSA) is 54.0 Å². The molecule has 1 atom stereocenters. The molecule has 0 amide bonds. The molecule has 1 aliphatic rings. The third-order valence-corrected chi connectivity index (χ3v) is 2.02. The highest BCUT2D eigenvalue weighted by Gasteiger charge is 2.29. The summed E-state index contributed by atoms with van der Waals surface area (Å²) in [6.07, 6.45) is 0. The molecule has 9 heavy (non-hydrogen) atoms. The molecule has 5 nitrogen and oxygen atoms in total. The van der Waals surface area contributed by atoms with E-state index < -0.39 is 7.82 Å². The Morgan fingerprint density at radius 2 is 2.33 bits per heavy atom. The largest absolute Gasteiger partial charge is 0.501 e. The Labute approximate surface area is 52.4 Å². The monoisotopic (exact) mass is 154 g/mol. The molecule has 0 aromatic rings. The number of hydrogen-bond acceptors (Lipinski definition) is 5. The summed E-state index contributed by atoms with van der Waals surface area (Å²) in [5, 5.41) is 0. The van der Waals surface area contributed by atoms with Crippen molar-refractivity contribution in [1.29, 1.82) is 0 Å². The summed E-state index contributed by atoms with van der Waals surface area (Å²) < 4.78 is 24.0. The molecule has 0 saturated carbocycles. The predicted octanol–water partition coefficient (Wildman–Crippen LogP) is 0.719. The van der Waals surface area contributed by atoms with Gasteiger partial charge in [-0.05, 0) is 0 Å². The van der Waals surface area contributed by atoms with Gasteiger partial charge in [-0.2, -0.15) is 0 Å². The first-order chi connectivity index (χ1) is 4.27. The van der Waals surface area contributed by atoms with Gasteiger partial charge in [-0.25, -0.2) is 9.45 Å². The molecule has 0 radical (unpaired) electrons. The lowest BCUT2D eigenvalue weighted by atomic mass is 10.8. The van der Waals surface area contributed by atoms with Crippen molar-refractivity contribution in [2.45, 2.75) is 0 Å². The molecule has 6 heteroatoms. The third-order valence-electron chi connectivity index (χ3n) is 0.784. The summed E-state index contributed by atoms with van der Waals surface area (Å²) >= 11 is 0. The first kappa shape index (κ1) is 7.18. The van der Waals surface area contributed by atoms with Gasteiger partial charge in [-0.15, -0.1) is 4.67 Å². The van der Waals surface area contributed by atoms with Crippen LogP contribution in [0.3, 0.4) is 0 Å². The highest BCUT2D eigenvalue weighted by atomic mass is 31.2. The van der Waals surface area contributed by atoms with Crippen LogP contribution >= 0.6 is 7.82 Å². The molecule has 1 aliphatic heterocycles. The fourth-order valence-corrected chi connectivity index (χ4v) is 1.10. The number of phosphoric acid groups is 1. The zero-order valence-electron chi connectivity index (χ0n) is 4.90. The van der Waals surface area contributed by atoms with Crippen LogP contribution in [0.15, 0.2) is 0 Å². The van der Waals surface area contributed by atoms with Crippen molar-refractivity contribution in [3.63, 3.8) is 0 Å². The molecule has 1 unspecified atom stereocenters. The standard InChI is InChI=1S/C3H7O5P/c1-5-9(4)7-3-2-6-8-9/h2-3H2,1H3. The summed E-state index contributed by atoms with van der Waals surface area (Å²) in [7, 11) is -2.08. The summed E-state index contributed by atoms with van der Waals surface area (Å²) in [5.41, 5.74) is 0. The van der Waals surface area contributed by atoms with Crippen LogP contribution in [0.4, 0.5) is 0 Å². The molecule has 0 aliphatic carbocycles. The Kier molecular flexibility index (Phi) is 2.21. The van der Waals surface area contributed by atoms with Crippen LogP contribution in [0.5, 0.6) is 0 Å². The van der Waals surface area contributed by atoms with Crippen LogP contribution in [-0.4, -0.2) is 20.3 Å². The molecule has 0 aromatic carbocycles. The molecule has 1 saturated heterocycles. The Bertz CT molecular complexity index is 124. The maximum atomic E-state index is 10.8. The molecule has 1 fully saturated rings. The fraction of sp³-hybridized carbons (Fsp3) is 1.00. The minimum Gasteiger partial charge on any atom is -0.289 e. The molecule has 0 bridgehead atoms. The molecule has 0 N–H and O–H groups in total. The molecule has 0 spiro atoms. The lowest BCUT2D eigenvalue weighted by Crippen LogP contribution is -2.11. The zero-order chi connectivity index (χ0) is 6.74. The summed E-state index contributed by atoms with van der Waals surface area (Å²) in [6, 6.07) is 0. The van der Waals surface area contributed by atoms with Crippen LogP contribution in [-0.2, 0) is 23.2 Å². The minimum atomic E-state index is -3.32. The molecule has 54 valence electrons. The lowest BCUT2D eigenvalue weighted by molar-refractivity contribution is -0.252. The Morgan fingerprint density at radius 3 is 2.67 bits per heavy atom. The Morgan fingerprint density at radius 1 is 1.56 bits per heavy atom. The lowest BCUT2D eigenvalue weighted by Gasteiger charge is -2.18. The van der Waals surface area contributed by atoms with Gasteiger partial charge < -0.3 is 0 Å². The van der Waals surface area contributed by atoms with Gasteiger partial charge in [0.15, 0.2) is 0 Å². The van der Waals surface area contributed by atoms with Crippen LogP contribution in [0.1, 0.15) is 0 Å². The van der Waals surface area contributed by atoms with Gasteiger partial charge in [0, 0.05) is 7.11 Å². The van der Waals surface area contributed by atoms with E-state index in [0.717, 1.165) is 0 Å². The first-order valence-electron chi connectivity index (χ1n) is 2.38. The molecule has 1 rings (SSSR count). The minimum absolute atomic E-state index is 0.241. The highest BCUT2D eigenvalue weighted by Crippen LogP contribution is 2.50. The first-order valence-corrected chi connectivity index (χ1v) is 3.84. The van der Waals surface area contributed by atoms with Gasteiger partial charge >= 0.3 is 7.82 Å². The SMILES string of the molecule is COP1(=O)OCCOO1. The van der Waals surface area contributed by atoms with Crippen molar-refractivity contribution in [2.75, 3.05) is 20.3 Å². The van der Waals surface area contributed by atoms with Crippen LogP contribution in [0.2, 0.25) is 0 Å². The maximum Gasteiger partial charge on any atom is 0.501 e. The average molecular weight is 154 g/mol. The van der Waals surface area contributed by atoms with E-state index in [4.69, 9.17) is 0 Å². The quantitative estimate of drug-likeness (QED) is 0.411. The highest BCUT2D eigenvalue weighted by molar-refractivity contribution is 7.48. The van der Waals surface area contributed by atoms with E-state index in [1.54, 1.807) is 0 Å². The Balaban J connectivity index is 2.47. The second-order valence-electron chi connectivity index (χ2n) is 1.36. The van der Waals surface area contributed by atoms with E-state index in [1.807, 2.05) is 0 Å². The molecular weight excluding hydrogens is 147 g/mol. The summed E-state index contributed by atoms with van der Waals surface area (Å²) in [4.78, 5) is 4.36. The third kappa shape index (κ3) is 1.74. The zero-order valence-corrected chi connectivity index (χ0v) is 5.80. The second kappa shape index (κ2) is 2.77. The average Bonchev–Trinajstić information content (AvgIpc) is 1.90. The van der Waals surface area contributed by atoms with Crippen molar-refractivity contribution in [2.24, 2.45) is 0 Å². The van der Waals surface area contributed by atoms with E-state index in [1.165, 1.54) is 7.11 Å². The second-order valence-corrected chi connectivity index (χ2v) is 3.03. The number of rotatable bonds is 1.